The first kappa shape index (κ1) is 18.0. The van der Waals surface area contributed by atoms with Crippen molar-refractivity contribution in [1.82, 2.24) is 5.32 Å². The molecule has 3 rings (SSSR count). The van der Waals surface area contributed by atoms with Gasteiger partial charge in [-0.25, -0.2) is 0 Å². The Bertz CT molecular complexity index is 585. The van der Waals surface area contributed by atoms with Gasteiger partial charge in [0.05, 0.1) is 18.8 Å². The van der Waals surface area contributed by atoms with E-state index >= 15 is 0 Å². The molecule has 1 aromatic carbocycles. The highest BCUT2D eigenvalue weighted by Crippen LogP contribution is 2.27. The zero-order valence-electron chi connectivity index (χ0n) is 14.7. The summed E-state index contributed by atoms with van der Waals surface area (Å²) >= 11 is 0. The van der Waals surface area contributed by atoms with Crippen LogP contribution in [0.4, 0.5) is 5.69 Å². The number of nitrogens with zero attached hydrogens (tertiary/aromatic N) is 1. The second-order valence-electron chi connectivity index (χ2n) is 7.03. The predicted octanol–water partition coefficient (Wildman–Crippen LogP) is 2.35. The van der Waals surface area contributed by atoms with E-state index in [0.717, 1.165) is 57.6 Å². The molecule has 0 radical (unpaired) electrons. The predicted molar refractivity (Wildman–Crippen MR) is 99.6 cm³/mol. The van der Waals surface area contributed by atoms with Crippen molar-refractivity contribution in [3.63, 3.8) is 0 Å². The van der Waals surface area contributed by atoms with Crippen molar-refractivity contribution >= 4 is 17.7 Å². The maximum atomic E-state index is 12.0. The van der Waals surface area contributed by atoms with E-state index in [4.69, 9.17) is 4.74 Å². The van der Waals surface area contributed by atoms with E-state index in [1.807, 2.05) is 18.2 Å². The molecule has 5 heteroatoms. The van der Waals surface area contributed by atoms with Crippen LogP contribution in [-0.4, -0.2) is 49.5 Å². The van der Waals surface area contributed by atoms with Gasteiger partial charge in [-0.1, -0.05) is 31.4 Å². The summed E-state index contributed by atoms with van der Waals surface area (Å²) in [5, 5.41) is 13.2. The van der Waals surface area contributed by atoms with Gasteiger partial charge in [0.2, 0.25) is 5.91 Å². The van der Waals surface area contributed by atoms with Crippen molar-refractivity contribution in [3.8, 4) is 0 Å². The molecule has 0 atom stereocenters. The number of aliphatic hydroxyl groups is 1. The molecule has 25 heavy (non-hydrogen) atoms. The van der Waals surface area contributed by atoms with Crippen molar-refractivity contribution in [1.29, 1.82) is 0 Å². The quantitative estimate of drug-likeness (QED) is 0.805. The van der Waals surface area contributed by atoms with Gasteiger partial charge in [0, 0.05) is 31.4 Å². The Kier molecular flexibility index (Phi) is 6.10. The third-order valence-corrected chi connectivity index (χ3v) is 5.07. The van der Waals surface area contributed by atoms with Crippen molar-refractivity contribution in [2.45, 2.75) is 37.7 Å². The van der Waals surface area contributed by atoms with Crippen LogP contribution in [-0.2, 0) is 9.53 Å². The molecule has 1 aromatic rings. The molecular formula is C20H28N2O3. The van der Waals surface area contributed by atoms with Gasteiger partial charge in [-0.2, -0.15) is 0 Å². The van der Waals surface area contributed by atoms with Crippen LogP contribution in [0.5, 0.6) is 0 Å². The monoisotopic (exact) mass is 344 g/mol. The Hall–Kier alpha value is -1.85. The largest absolute Gasteiger partial charge is 0.388 e. The van der Waals surface area contributed by atoms with Crippen molar-refractivity contribution < 1.29 is 14.6 Å². The maximum absolute atomic E-state index is 12.0. The zero-order valence-corrected chi connectivity index (χ0v) is 14.7. The lowest BCUT2D eigenvalue weighted by Crippen LogP contribution is -2.43. The smallest absolute Gasteiger partial charge is 0.244 e. The molecule has 0 unspecified atom stereocenters. The number of carbonyl (C=O) groups excluding carboxylic acids is 1. The topological polar surface area (TPSA) is 61.8 Å². The van der Waals surface area contributed by atoms with Crippen LogP contribution >= 0.6 is 0 Å². The van der Waals surface area contributed by atoms with Gasteiger partial charge in [-0.15, -0.1) is 0 Å². The van der Waals surface area contributed by atoms with E-state index in [0.29, 0.717) is 6.54 Å². The van der Waals surface area contributed by atoms with Gasteiger partial charge < -0.3 is 20.1 Å². The van der Waals surface area contributed by atoms with Crippen LogP contribution in [0.2, 0.25) is 0 Å². The molecule has 1 amide bonds. The first-order valence-corrected chi connectivity index (χ1v) is 9.26. The van der Waals surface area contributed by atoms with E-state index in [1.54, 1.807) is 0 Å². The van der Waals surface area contributed by atoms with E-state index < -0.39 is 5.60 Å². The first-order chi connectivity index (χ1) is 12.1. The number of anilines is 1. The Morgan fingerprint density at radius 2 is 1.84 bits per heavy atom. The second-order valence-corrected chi connectivity index (χ2v) is 7.03. The average molecular weight is 344 g/mol. The number of rotatable bonds is 5. The third-order valence-electron chi connectivity index (χ3n) is 5.07. The summed E-state index contributed by atoms with van der Waals surface area (Å²) in [6.45, 7) is 3.72. The standard InChI is InChI=1S/C20H28N2O3/c23-19(21-16-20(24)10-2-1-3-11-20)9-6-17-4-7-18(8-5-17)22-12-14-25-15-13-22/h4-9,24H,1-3,10-16H2,(H,21,23). The summed E-state index contributed by atoms with van der Waals surface area (Å²) in [5.74, 6) is -0.156. The van der Waals surface area contributed by atoms with Gasteiger partial charge in [0.15, 0.2) is 0 Å². The number of nitrogens with one attached hydrogen (secondary N) is 1. The van der Waals surface area contributed by atoms with Crippen molar-refractivity contribution in [2.24, 2.45) is 0 Å². The van der Waals surface area contributed by atoms with Crippen LogP contribution in [0.15, 0.2) is 30.3 Å². The summed E-state index contributed by atoms with van der Waals surface area (Å²) in [6.07, 6.45) is 8.16. The Balaban J connectivity index is 1.48. The SMILES string of the molecule is O=C(C=Cc1ccc(N2CCOCC2)cc1)NCC1(O)CCCCC1. The molecule has 5 nitrogen and oxygen atoms in total. The van der Waals surface area contributed by atoms with Gasteiger partial charge >= 0.3 is 0 Å². The van der Waals surface area contributed by atoms with E-state index in [9.17, 15) is 9.90 Å². The zero-order chi connectivity index (χ0) is 17.5. The van der Waals surface area contributed by atoms with Crippen LogP contribution in [0.1, 0.15) is 37.7 Å². The molecule has 1 aliphatic heterocycles. The number of carbonyl (C=O) groups is 1. The lowest BCUT2D eigenvalue weighted by atomic mass is 9.85. The van der Waals surface area contributed by atoms with Crippen LogP contribution in [0.3, 0.4) is 0 Å². The van der Waals surface area contributed by atoms with E-state index in [2.05, 4.69) is 22.3 Å². The summed E-state index contributed by atoms with van der Waals surface area (Å²) in [4.78, 5) is 14.3. The summed E-state index contributed by atoms with van der Waals surface area (Å²) < 4.78 is 5.37. The molecule has 1 saturated heterocycles. The van der Waals surface area contributed by atoms with E-state index in [-0.39, 0.29) is 5.91 Å². The highest BCUT2D eigenvalue weighted by atomic mass is 16.5. The average Bonchev–Trinajstić information content (AvgIpc) is 2.66. The number of morpholine rings is 1. The molecule has 0 aromatic heterocycles. The fraction of sp³-hybridized carbons (Fsp3) is 0.550. The van der Waals surface area contributed by atoms with Gasteiger partial charge in [0.1, 0.15) is 0 Å². The molecule has 136 valence electrons. The molecule has 2 N–H and O–H groups in total. The molecular weight excluding hydrogens is 316 g/mol. The number of benzene rings is 1. The molecule has 0 bridgehead atoms. The van der Waals surface area contributed by atoms with Gasteiger partial charge in [0.25, 0.3) is 0 Å². The summed E-state index contributed by atoms with van der Waals surface area (Å²) in [7, 11) is 0. The highest BCUT2D eigenvalue weighted by molar-refractivity contribution is 5.91. The first-order valence-electron chi connectivity index (χ1n) is 9.26. The fourth-order valence-corrected chi connectivity index (χ4v) is 3.49. The van der Waals surface area contributed by atoms with Crippen LogP contribution in [0, 0.1) is 0 Å². The Labute approximate surface area is 149 Å². The maximum Gasteiger partial charge on any atom is 0.244 e. The lowest BCUT2D eigenvalue weighted by Gasteiger charge is -2.31. The van der Waals surface area contributed by atoms with Crippen LogP contribution in [0.25, 0.3) is 6.08 Å². The Morgan fingerprint density at radius 3 is 2.52 bits per heavy atom. The second kappa shape index (κ2) is 8.50. The number of ether oxygens (including phenoxy) is 1. The number of hydrogen-bond acceptors (Lipinski definition) is 4. The minimum atomic E-state index is -0.721. The molecule has 1 saturated carbocycles. The van der Waals surface area contributed by atoms with Crippen LogP contribution < -0.4 is 10.2 Å². The molecule has 2 fully saturated rings. The Morgan fingerprint density at radius 1 is 1.16 bits per heavy atom. The minimum Gasteiger partial charge on any atom is -0.388 e. The van der Waals surface area contributed by atoms with Gasteiger partial charge in [-0.3, -0.25) is 4.79 Å². The van der Waals surface area contributed by atoms with Gasteiger partial charge in [-0.05, 0) is 36.6 Å². The normalized spacial score (nSPS) is 20.6. The van der Waals surface area contributed by atoms with E-state index in [1.165, 1.54) is 18.2 Å². The highest BCUT2D eigenvalue weighted by Gasteiger charge is 2.29. The summed E-state index contributed by atoms with van der Waals surface area (Å²) in [6, 6.07) is 8.19. The lowest BCUT2D eigenvalue weighted by molar-refractivity contribution is -0.118. The number of hydrogen-bond donors (Lipinski definition) is 2. The van der Waals surface area contributed by atoms with Crippen molar-refractivity contribution in [2.75, 3.05) is 37.7 Å². The fourth-order valence-electron chi connectivity index (χ4n) is 3.49. The minimum absolute atomic E-state index is 0.156. The molecule has 2 aliphatic rings. The molecule has 1 aliphatic carbocycles. The molecule has 0 spiro atoms. The third kappa shape index (κ3) is 5.31. The molecule has 1 heterocycles. The van der Waals surface area contributed by atoms with Crippen molar-refractivity contribution in [3.05, 3.63) is 35.9 Å². The number of amides is 1. The summed E-state index contributed by atoms with van der Waals surface area (Å²) in [5.41, 5.74) is 1.45.